The maximum absolute atomic E-state index is 12.3. The van der Waals surface area contributed by atoms with Crippen LogP contribution in [0, 0.1) is 0 Å². The third-order valence-corrected chi connectivity index (χ3v) is 3.29. The van der Waals surface area contributed by atoms with Crippen LogP contribution in [0.5, 0.6) is 11.5 Å². The van der Waals surface area contributed by atoms with Crippen LogP contribution in [0.4, 0.5) is 13.2 Å². The molecule has 0 radical (unpaired) electrons. The molecule has 1 aromatic rings. The average Bonchev–Trinajstić information content (AvgIpc) is 2.40. The fourth-order valence-corrected chi connectivity index (χ4v) is 2.46. The number of rotatable bonds is 4. The number of ether oxygens (including phenoxy) is 2. The molecule has 1 aromatic carbocycles. The van der Waals surface area contributed by atoms with Gasteiger partial charge < -0.3 is 14.8 Å². The minimum absolute atomic E-state index is 0. The van der Waals surface area contributed by atoms with Crippen molar-refractivity contribution in [2.24, 2.45) is 0 Å². The maximum Gasteiger partial charge on any atom is 0.573 e. The van der Waals surface area contributed by atoms with Gasteiger partial charge in [-0.2, -0.15) is 0 Å². The van der Waals surface area contributed by atoms with Gasteiger partial charge in [-0.3, -0.25) is 0 Å². The Morgan fingerprint density at radius 1 is 1.24 bits per heavy atom. The van der Waals surface area contributed by atoms with Gasteiger partial charge in [0, 0.05) is 5.56 Å². The summed E-state index contributed by atoms with van der Waals surface area (Å²) in [6, 6.07) is 4.31. The predicted octanol–water partition coefficient (Wildman–Crippen LogP) is 3.87. The van der Waals surface area contributed by atoms with Crippen LogP contribution in [-0.2, 0) is 0 Å². The largest absolute Gasteiger partial charge is 0.573 e. The maximum atomic E-state index is 12.3. The highest BCUT2D eigenvalue weighted by molar-refractivity contribution is 5.85. The molecule has 0 bridgehead atoms. The lowest BCUT2D eigenvalue weighted by molar-refractivity contribution is -0.274. The van der Waals surface area contributed by atoms with Crippen molar-refractivity contribution in [2.75, 3.05) is 19.7 Å². The molecule has 0 spiro atoms. The molecule has 0 amide bonds. The van der Waals surface area contributed by atoms with E-state index in [0.29, 0.717) is 12.4 Å². The molecule has 120 valence electrons. The Hall–Kier alpha value is -1.14. The first-order valence-electron chi connectivity index (χ1n) is 6.73. The smallest absolute Gasteiger partial charge is 0.494 e. The molecule has 2 rings (SSSR count). The lowest BCUT2D eigenvalue weighted by Crippen LogP contribution is -2.27. The molecule has 0 saturated carbocycles. The van der Waals surface area contributed by atoms with E-state index < -0.39 is 6.36 Å². The molecule has 0 atom stereocenters. The molecular weight excluding hydrogens is 307 g/mol. The minimum atomic E-state index is -4.67. The molecule has 1 fully saturated rings. The van der Waals surface area contributed by atoms with Crippen LogP contribution in [0.2, 0.25) is 0 Å². The Morgan fingerprint density at radius 3 is 2.48 bits per heavy atom. The second kappa shape index (κ2) is 7.75. The van der Waals surface area contributed by atoms with Gasteiger partial charge >= 0.3 is 6.36 Å². The number of hydrogen-bond acceptors (Lipinski definition) is 3. The van der Waals surface area contributed by atoms with Crippen molar-refractivity contribution in [2.45, 2.75) is 32.0 Å². The van der Waals surface area contributed by atoms with Crippen molar-refractivity contribution >= 4 is 12.4 Å². The zero-order valence-corrected chi connectivity index (χ0v) is 12.5. The van der Waals surface area contributed by atoms with Gasteiger partial charge in [0.2, 0.25) is 0 Å². The molecule has 1 N–H and O–H groups in total. The lowest BCUT2D eigenvalue weighted by atomic mass is 9.89. The first kappa shape index (κ1) is 17.9. The molecule has 21 heavy (non-hydrogen) atoms. The standard InChI is InChI=1S/C14H18F3NO2.ClH/c1-2-19-13-4-3-11(20-14(15,16)17)9-12(13)10-5-7-18-8-6-10;/h3-4,9-10,18H,2,5-8H2,1H3;1H. The molecule has 1 saturated heterocycles. The van der Waals surface area contributed by atoms with Crippen LogP contribution < -0.4 is 14.8 Å². The van der Waals surface area contributed by atoms with Crippen LogP contribution in [-0.4, -0.2) is 26.1 Å². The van der Waals surface area contributed by atoms with Gasteiger partial charge in [0.15, 0.2) is 0 Å². The summed E-state index contributed by atoms with van der Waals surface area (Å²) < 4.78 is 46.4. The number of benzene rings is 1. The summed E-state index contributed by atoms with van der Waals surface area (Å²) in [4.78, 5) is 0. The van der Waals surface area contributed by atoms with Gasteiger partial charge in [-0.05, 0) is 57.0 Å². The number of halogens is 4. The minimum Gasteiger partial charge on any atom is -0.494 e. The zero-order valence-electron chi connectivity index (χ0n) is 11.7. The Kier molecular flexibility index (Phi) is 6.61. The number of piperidine rings is 1. The molecule has 0 unspecified atom stereocenters. The van der Waals surface area contributed by atoms with E-state index >= 15 is 0 Å². The van der Waals surface area contributed by atoms with Crippen molar-refractivity contribution in [3.05, 3.63) is 23.8 Å². The summed E-state index contributed by atoms with van der Waals surface area (Å²) in [6.45, 7) is 4.06. The lowest BCUT2D eigenvalue weighted by Gasteiger charge is -2.25. The highest BCUT2D eigenvalue weighted by atomic mass is 35.5. The Bertz CT molecular complexity index is 448. The van der Waals surface area contributed by atoms with E-state index in [1.807, 2.05) is 6.92 Å². The summed E-state index contributed by atoms with van der Waals surface area (Å²) in [7, 11) is 0. The molecule has 1 aliphatic rings. The van der Waals surface area contributed by atoms with Crippen LogP contribution >= 0.6 is 12.4 Å². The molecule has 1 heterocycles. The second-order valence-electron chi connectivity index (χ2n) is 4.70. The van der Waals surface area contributed by atoms with E-state index in [4.69, 9.17) is 4.74 Å². The van der Waals surface area contributed by atoms with Gasteiger partial charge in [-0.15, -0.1) is 25.6 Å². The molecule has 7 heteroatoms. The normalized spacial score (nSPS) is 16.2. The van der Waals surface area contributed by atoms with Crippen molar-refractivity contribution in [3.63, 3.8) is 0 Å². The highest BCUT2D eigenvalue weighted by Gasteiger charge is 2.31. The Balaban J connectivity index is 0.00000220. The SMILES string of the molecule is CCOc1ccc(OC(F)(F)F)cc1C1CCNCC1.Cl. The van der Waals surface area contributed by atoms with E-state index in [0.717, 1.165) is 31.5 Å². The van der Waals surface area contributed by atoms with Crippen LogP contribution in [0.1, 0.15) is 31.2 Å². The summed E-state index contributed by atoms with van der Waals surface area (Å²) in [5, 5.41) is 3.24. The van der Waals surface area contributed by atoms with E-state index in [2.05, 4.69) is 10.1 Å². The van der Waals surface area contributed by atoms with Gasteiger partial charge in [0.25, 0.3) is 0 Å². The quantitative estimate of drug-likeness (QED) is 0.911. The van der Waals surface area contributed by atoms with E-state index in [1.165, 1.54) is 12.1 Å². The summed E-state index contributed by atoms with van der Waals surface area (Å²) in [6.07, 6.45) is -2.90. The van der Waals surface area contributed by atoms with Gasteiger partial charge in [-0.1, -0.05) is 0 Å². The summed E-state index contributed by atoms with van der Waals surface area (Å²) in [5.74, 6) is 0.665. The van der Waals surface area contributed by atoms with Crippen molar-refractivity contribution < 1.29 is 22.6 Å². The summed E-state index contributed by atoms with van der Waals surface area (Å²) >= 11 is 0. The zero-order chi connectivity index (χ0) is 14.6. The predicted molar refractivity (Wildman–Crippen MR) is 76.4 cm³/mol. The Morgan fingerprint density at radius 2 is 1.90 bits per heavy atom. The molecule has 3 nitrogen and oxygen atoms in total. The van der Waals surface area contributed by atoms with Crippen LogP contribution in [0.25, 0.3) is 0 Å². The fourth-order valence-electron chi connectivity index (χ4n) is 2.46. The van der Waals surface area contributed by atoms with E-state index in [9.17, 15) is 13.2 Å². The molecule has 1 aliphatic heterocycles. The van der Waals surface area contributed by atoms with Crippen LogP contribution in [0.3, 0.4) is 0 Å². The van der Waals surface area contributed by atoms with Crippen LogP contribution in [0.15, 0.2) is 18.2 Å². The first-order chi connectivity index (χ1) is 9.49. The van der Waals surface area contributed by atoms with Gasteiger partial charge in [0.1, 0.15) is 11.5 Å². The number of alkyl halides is 3. The first-order valence-corrected chi connectivity index (χ1v) is 6.73. The third kappa shape index (κ3) is 5.28. The summed E-state index contributed by atoms with van der Waals surface area (Å²) in [5.41, 5.74) is 0.801. The molecular formula is C14H19ClF3NO2. The van der Waals surface area contributed by atoms with Crippen molar-refractivity contribution in [3.8, 4) is 11.5 Å². The van der Waals surface area contributed by atoms with Crippen molar-refractivity contribution in [1.82, 2.24) is 5.32 Å². The average molecular weight is 326 g/mol. The third-order valence-electron chi connectivity index (χ3n) is 3.29. The molecule has 0 aromatic heterocycles. The Labute approximate surface area is 128 Å². The van der Waals surface area contributed by atoms with E-state index in [-0.39, 0.29) is 24.1 Å². The fraction of sp³-hybridized carbons (Fsp3) is 0.571. The molecule has 0 aliphatic carbocycles. The van der Waals surface area contributed by atoms with Crippen molar-refractivity contribution in [1.29, 1.82) is 0 Å². The number of hydrogen-bond donors (Lipinski definition) is 1. The monoisotopic (exact) mass is 325 g/mol. The van der Waals surface area contributed by atoms with Gasteiger partial charge in [0.05, 0.1) is 6.61 Å². The number of nitrogens with one attached hydrogen (secondary N) is 1. The topological polar surface area (TPSA) is 30.5 Å². The van der Waals surface area contributed by atoms with E-state index in [1.54, 1.807) is 6.07 Å². The highest BCUT2D eigenvalue weighted by Crippen LogP contribution is 2.36. The second-order valence-corrected chi connectivity index (χ2v) is 4.70. The van der Waals surface area contributed by atoms with Gasteiger partial charge in [-0.25, -0.2) is 0 Å².